The third-order valence-electron chi connectivity index (χ3n) is 9.36. The molecule has 1 aliphatic rings. The van der Waals surface area contributed by atoms with Crippen LogP contribution in [-0.4, -0.2) is 15.0 Å². The summed E-state index contributed by atoms with van der Waals surface area (Å²) in [5, 5.41) is 8.38. The zero-order valence-corrected chi connectivity index (χ0v) is 27.6. The first-order valence-electron chi connectivity index (χ1n) is 16.6. The molecule has 236 valence electrons. The molecule has 1 unspecified atom stereocenters. The standard InChI is InChI=1S/C44H28N4OS/c1-4-15-28(16-5-1)41-46-42(29-17-6-2-7-18-29)48-43(47-41)33-25-24-27-14-10-11-21-31(27)37(33)34-26-35-40(50-44(45-35)30-19-8-3-9-20-30)38-32-22-12-13-23-36(32)49-39(34)38/h1-26,44-45H. The predicted octanol–water partition coefficient (Wildman–Crippen LogP) is 11.8. The molecule has 6 heteroatoms. The average Bonchev–Trinajstić information content (AvgIpc) is 3.80. The number of benzene rings is 7. The van der Waals surface area contributed by atoms with E-state index in [1.165, 1.54) is 10.5 Å². The van der Waals surface area contributed by atoms with Gasteiger partial charge in [-0.1, -0.05) is 151 Å². The Bertz CT molecular complexity index is 2650. The van der Waals surface area contributed by atoms with Gasteiger partial charge >= 0.3 is 0 Å². The maximum Gasteiger partial charge on any atom is 0.164 e. The van der Waals surface area contributed by atoms with Crippen LogP contribution in [0.1, 0.15) is 10.9 Å². The number of fused-ring (bicyclic) bond motifs is 6. The number of para-hydroxylation sites is 1. The monoisotopic (exact) mass is 660 g/mol. The van der Waals surface area contributed by atoms with Crippen molar-refractivity contribution in [1.29, 1.82) is 0 Å². The molecule has 0 aliphatic carbocycles. The van der Waals surface area contributed by atoms with Gasteiger partial charge in [0, 0.05) is 43.5 Å². The van der Waals surface area contributed by atoms with E-state index in [2.05, 4.69) is 96.3 Å². The number of nitrogens with one attached hydrogen (secondary N) is 1. The second-order valence-corrected chi connectivity index (χ2v) is 13.5. The molecule has 0 spiro atoms. The Morgan fingerprint density at radius 1 is 0.540 bits per heavy atom. The van der Waals surface area contributed by atoms with Gasteiger partial charge in [-0.25, -0.2) is 15.0 Å². The van der Waals surface area contributed by atoms with E-state index in [1.807, 2.05) is 78.5 Å². The minimum absolute atomic E-state index is 0.0793. The maximum atomic E-state index is 6.84. The summed E-state index contributed by atoms with van der Waals surface area (Å²) in [5.41, 5.74) is 8.82. The molecular formula is C44H28N4OS. The molecule has 0 fully saturated rings. The lowest BCUT2D eigenvalue weighted by Gasteiger charge is -2.16. The van der Waals surface area contributed by atoms with E-state index in [0.29, 0.717) is 17.5 Å². The van der Waals surface area contributed by atoms with E-state index >= 15 is 0 Å². The first-order valence-corrected chi connectivity index (χ1v) is 17.5. The second-order valence-electron chi connectivity index (χ2n) is 12.4. The molecule has 10 rings (SSSR count). The van der Waals surface area contributed by atoms with Gasteiger partial charge in [0.15, 0.2) is 17.5 Å². The third-order valence-corrected chi connectivity index (χ3v) is 10.6. The first kappa shape index (κ1) is 28.7. The lowest BCUT2D eigenvalue weighted by molar-refractivity contribution is 0.669. The summed E-state index contributed by atoms with van der Waals surface area (Å²) in [7, 11) is 0. The summed E-state index contributed by atoms with van der Waals surface area (Å²) < 4.78 is 6.84. The first-order chi connectivity index (χ1) is 24.8. The van der Waals surface area contributed by atoms with Crippen LogP contribution in [0.5, 0.6) is 0 Å². The number of nitrogens with zero attached hydrogens (tertiary/aromatic N) is 3. The van der Waals surface area contributed by atoms with Crippen LogP contribution in [0, 0.1) is 0 Å². The summed E-state index contributed by atoms with van der Waals surface area (Å²) >= 11 is 1.84. The Hall–Kier alpha value is -6.24. The largest absolute Gasteiger partial charge is 0.455 e. The molecule has 0 bridgehead atoms. The number of hydrogen-bond acceptors (Lipinski definition) is 6. The summed E-state index contributed by atoms with van der Waals surface area (Å²) in [6.07, 6.45) is 0. The number of thioether (sulfide) groups is 1. The van der Waals surface area contributed by atoms with Crippen LogP contribution in [-0.2, 0) is 0 Å². The summed E-state index contributed by atoms with van der Waals surface area (Å²) in [6, 6.07) is 54.3. The van der Waals surface area contributed by atoms with Gasteiger partial charge in [0.25, 0.3) is 0 Å². The van der Waals surface area contributed by atoms with E-state index in [1.54, 1.807) is 0 Å². The summed E-state index contributed by atoms with van der Waals surface area (Å²) in [4.78, 5) is 16.5. The van der Waals surface area contributed by atoms with Crippen molar-refractivity contribution in [2.45, 2.75) is 10.3 Å². The molecule has 0 saturated heterocycles. The predicted molar refractivity (Wildman–Crippen MR) is 205 cm³/mol. The maximum absolute atomic E-state index is 6.84. The second kappa shape index (κ2) is 11.7. The van der Waals surface area contributed by atoms with Gasteiger partial charge in [0.2, 0.25) is 0 Å². The molecule has 1 N–H and O–H groups in total. The smallest absolute Gasteiger partial charge is 0.164 e. The lowest BCUT2D eigenvalue weighted by Crippen LogP contribution is -2.02. The molecule has 0 radical (unpaired) electrons. The van der Waals surface area contributed by atoms with E-state index in [4.69, 9.17) is 19.4 Å². The van der Waals surface area contributed by atoms with Crippen molar-refractivity contribution >= 4 is 50.2 Å². The van der Waals surface area contributed by atoms with Crippen LogP contribution >= 0.6 is 11.8 Å². The topological polar surface area (TPSA) is 63.8 Å². The minimum atomic E-state index is 0.0793. The molecule has 3 heterocycles. The number of aromatic nitrogens is 3. The molecule has 1 atom stereocenters. The van der Waals surface area contributed by atoms with E-state index in [0.717, 1.165) is 66.2 Å². The van der Waals surface area contributed by atoms with Gasteiger partial charge in [0.05, 0.1) is 5.69 Å². The van der Waals surface area contributed by atoms with Crippen LogP contribution < -0.4 is 5.32 Å². The Morgan fingerprint density at radius 3 is 1.86 bits per heavy atom. The fourth-order valence-electron chi connectivity index (χ4n) is 7.03. The van der Waals surface area contributed by atoms with Crippen molar-refractivity contribution in [3.8, 4) is 45.3 Å². The third kappa shape index (κ3) is 4.76. The van der Waals surface area contributed by atoms with Gasteiger partial charge in [-0.15, -0.1) is 0 Å². The zero-order valence-electron chi connectivity index (χ0n) is 26.7. The fraction of sp³-hybridized carbons (Fsp3) is 0.0227. The van der Waals surface area contributed by atoms with Gasteiger partial charge in [0.1, 0.15) is 16.5 Å². The summed E-state index contributed by atoms with van der Waals surface area (Å²) in [5.74, 6) is 1.85. The number of rotatable bonds is 5. The molecule has 7 aromatic carbocycles. The average molecular weight is 661 g/mol. The van der Waals surface area contributed by atoms with Crippen LogP contribution in [0.2, 0.25) is 0 Å². The van der Waals surface area contributed by atoms with Gasteiger partial charge in [-0.05, 0) is 34.5 Å². The molecule has 9 aromatic rings. The Balaban J connectivity index is 1.27. The Labute approximate surface area is 292 Å². The lowest BCUT2D eigenvalue weighted by atomic mass is 9.91. The zero-order chi connectivity index (χ0) is 33.0. The van der Waals surface area contributed by atoms with Gasteiger partial charge < -0.3 is 9.73 Å². The highest BCUT2D eigenvalue weighted by Crippen LogP contribution is 2.55. The van der Waals surface area contributed by atoms with Crippen LogP contribution in [0.3, 0.4) is 0 Å². The van der Waals surface area contributed by atoms with Crippen LogP contribution in [0.15, 0.2) is 167 Å². The molecular weight excluding hydrogens is 633 g/mol. The van der Waals surface area contributed by atoms with Crippen molar-refractivity contribution in [3.63, 3.8) is 0 Å². The molecule has 5 nitrogen and oxygen atoms in total. The Morgan fingerprint density at radius 2 is 1.14 bits per heavy atom. The molecule has 1 aliphatic heterocycles. The molecule has 0 saturated carbocycles. The van der Waals surface area contributed by atoms with E-state index < -0.39 is 0 Å². The van der Waals surface area contributed by atoms with E-state index in [-0.39, 0.29) is 5.37 Å². The van der Waals surface area contributed by atoms with E-state index in [9.17, 15) is 0 Å². The number of anilines is 1. The molecule has 50 heavy (non-hydrogen) atoms. The highest BCUT2D eigenvalue weighted by Gasteiger charge is 2.30. The van der Waals surface area contributed by atoms with Crippen molar-refractivity contribution in [3.05, 3.63) is 163 Å². The highest BCUT2D eigenvalue weighted by molar-refractivity contribution is 8.00. The van der Waals surface area contributed by atoms with Crippen molar-refractivity contribution < 1.29 is 4.42 Å². The summed E-state index contributed by atoms with van der Waals surface area (Å²) in [6.45, 7) is 0. The SMILES string of the molecule is c1ccc(-c2nc(-c3ccccc3)nc(-c3ccc4ccccc4c3-c3cc4c(c5c3oc3ccccc35)SC(c3ccccc3)N4)n2)cc1. The van der Waals surface area contributed by atoms with Crippen molar-refractivity contribution in [2.24, 2.45) is 0 Å². The fourth-order valence-corrected chi connectivity index (χ4v) is 8.31. The highest BCUT2D eigenvalue weighted by atomic mass is 32.2. The molecule has 2 aromatic heterocycles. The van der Waals surface area contributed by atoms with Crippen LogP contribution in [0.4, 0.5) is 5.69 Å². The number of hydrogen-bond donors (Lipinski definition) is 1. The van der Waals surface area contributed by atoms with Crippen molar-refractivity contribution in [2.75, 3.05) is 5.32 Å². The normalized spacial score (nSPS) is 13.9. The van der Waals surface area contributed by atoms with Crippen molar-refractivity contribution in [1.82, 2.24) is 15.0 Å². The van der Waals surface area contributed by atoms with Gasteiger partial charge in [-0.3, -0.25) is 0 Å². The van der Waals surface area contributed by atoms with Gasteiger partial charge in [-0.2, -0.15) is 0 Å². The Kier molecular flexibility index (Phi) is 6.74. The van der Waals surface area contributed by atoms with Crippen LogP contribution in [0.25, 0.3) is 78.0 Å². The quantitative estimate of drug-likeness (QED) is 0.198. The minimum Gasteiger partial charge on any atom is -0.455 e. The molecule has 0 amide bonds. The number of furan rings is 1.